The van der Waals surface area contributed by atoms with Crippen LogP contribution in [0.5, 0.6) is 11.6 Å². The second-order valence-electron chi connectivity index (χ2n) is 4.63. The molecule has 0 radical (unpaired) electrons. The Morgan fingerprint density at radius 2 is 2.10 bits per heavy atom. The molecule has 102 valence electrons. The number of aromatic nitrogens is 3. The Morgan fingerprint density at radius 1 is 1.25 bits per heavy atom. The average molecular weight is 268 g/mol. The second kappa shape index (κ2) is 4.94. The molecule has 0 saturated carbocycles. The van der Waals surface area contributed by atoms with Crippen LogP contribution < -0.4 is 10.5 Å². The topological polar surface area (TPSA) is 66.0 Å². The van der Waals surface area contributed by atoms with Crippen molar-refractivity contribution in [1.82, 2.24) is 14.8 Å². The number of hydrogen-bond acceptors (Lipinski definition) is 4. The fourth-order valence-corrected chi connectivity index (χ4v) is 2.31. The molecule has 20 heavy (non-hydrogen) atoms. The van der Waals surface area contributed by atoms with Gasteiger partial charge in [0.2, 0.25) is 5.88 Å². The van der Waals surface area contributed by atoms with E-state index in [0.29, 0.717) is 12.4 Å². The molecule has 0 spiro atoms. The van der Waals surface area contributed by atoms with Crippen LogP contribution in [0.3, 0.4) is 0 Å². The van der Waals surface area contributed by atoms with Gasteiger partial charge in [0.1, 0.15) is 5.75 Å². The summed E-state index contributed by atoms with van der Waals surface area (Å²) in [6.45, 7) is 2.33. The van der Waals surface area contributed by atoms with Crippen LogP contribution in [0.2, 0.25) is 0 Å². The molecule has 5 nitrogen and oxygen atoms in total. The van der Waals surface area contributed by atoms with E-state index in [2.05, 4.69) is 10.1 Å². The Kier molecular flexibility index (Phi) is 3.12. The van der Waals surface area contributed by atoms with Gasteiger partial charge in [-0.05, 0) is 31.2 Å². The van der Waals surface area contributed by atoms with Crippen LogP contribution in [-0.2, 0) is 13.6 Å². The lowest BCUT2D eigenvalue weighted by Gasteiger charge is -2.10. The number of pyridine rings is 1. The number of hydrogen-bond donors (Lipinski definition) is 1. The zero-order chi connectivity index (χ0) is 14.1. The van der Waals surface area contributed by atoms with Crippen LogP contribution in [0.1, 0.15) is 11.3 Å². The summed E-state index contributed by atoms with van der Waals surface area (Å²) < 4.78 is 7.76. The van der Waals surface area contributed by atoms with E-state index >= 15 is 0 Å². The van der Waals surface area contributed by atoms with Gasteiger partial charge < -0.3 is 10.5 Å². The molecule has 3 rings (SSSR count). The van der Waals surface area contributed by atoms with Crippen molar-refractivity contribution in [3.05, 3.63) is 47.8 Å². The third-order valence-electron chi connectivity index (χ3n) is 3.31. The van der Waals surface area contributed by atoms with E-state index in [4.69, 9.17) is 10.5 Å². The quantitative estimate of drug-likeness (QED) is 0.792. The van der Waals surface area contributed by atoms with Crippen molar-refractivity contribution in [2.75, 3.05) is 0 Å². The lowest BCUT2D eigenvalue weighted by Crippen LogP contribution is -2.01. The van der Waals surface area contributed by atoms with E-state index in [1.165, 1.54) is 0 Å². The molecule has 0 unspecified atom stereocenters. The maximum Gasteiger partial charge on any atom is 0.222 e. The van der Waals surface area contributed by atoms with Gasteiger partial charge >= 0.3 is 0 Å². The first-order chi connectivity index (χ1) is 9.70. The fourth-order valence-electron chi connectivity index (χ4n) is 2.31. The van der Waals surface area contributed by atoms with Crippen molar-refractivity contribution in [3.8, 4) is 11.6 Å². The first-order valence-corrected chi connectivity index (χ1v) is 6.45. The molecule has 0 fully saturated rings. The fraction of sp³-hybridized carbons (Fsp3) is 0.200. The summed E-state index contributed by atoms with van der Waals surface area (Å²) in [4.78, 5) is 4.33. The number of rotatable bonds is 3. The summed E-state index contributed by atoms with van der Waals surface area (Å²) in [7, 11) is 1.85. The predicted molar refractivity (Wildman–Crippen MR) is 77.7 cm³/mol. The minimum absolute atomic E-state index is 0.401. The predicted octanol–water partition coefficient (Wildman–Crippen LogP) is 2.53. The minimum atomic E-state index is 0.401. The van der Waals surface area contributed by atoms with Gasteiger partial charge in [-0.1, -0.05) is 6.07 Å². The first kappa shape index (κ1) is 12.6. The molecule has 0 bridgehead atoms. The van der Waals surface area contributed by atoms with Gasteiger partial charge in [0, 0.05) is 25.2 Å². The maximum absolute atomic E-state index is 6.05. The molecule has 3 aromatic rings. The summed E-state index contributed by atoms with van der Waals surface area (Å²) in [6.07, 6.45) is 1.77. The van der Waals surface area contributed by atoms with E-state index in [-0.39, 0.29) is 0 Å². The van der Waals surface area contributed by atoms with Crippen molar-refractivity contribution in [2.45, 2.75) is 13.5 Å². The summed E-state index contributed by atoms with van der Waals surface area (Å²) in [5.41, 5.74) is 8.50. The molecule has 0 atom stereocenters. The Labute approximate surface area is 117 Å². The van der Waals surface area contributed by atoms with Crippen molar-refractivity contribution in [1.29, 1.82) is 0 Å². The number of nitrogens with two attached hydrogens (primary N) is 1. The van der Waals surface area contributed by atoms with Gasteiger partial charge in [0.25, 0.3) is 0 Å². The standard InChI is InChI=1S/C15H16N4O/c1-10-12(9-16)15(19(2)18-10)20-14-7-3-6-13-11(14)5-4-8-17-13/h3-8H,9,16H2,1-2H3. The van der Waals surface area contributed by atoms with Crippen LogP contribution in [0.4, 0.5) is 0 Å². The number of fused-ring (bicyclic) bond motifs is 1. The molecule has 2 N–H and O–H groups in total. The molecule has 0 aliphatic heterocycles. The first-order valence-electron chi connectivity index (χ1n) is 6.45. The third-order valence-corrected chi connectivity index (χ3v) is 3.31. The lowest BCUT2D eigenvalue weighted by atomic mass is 10.2. The van der Waals surface area contributed by atoms with Crippen LogP contribution in [-0.4, -0.2) is 14.8 Å². The van der Waals surface area contributed by atoms with Crippen molar-refractivity contribution in [3.63, 3.8) is 0 Å². The summed E-state index contributed by atoms with van der Waals surface area (Å²) in [5, 5.41) is 5.32. The Balaban J connectivity index is 2.10. The molecule has 2 heterocycles. The average Bonchev–Trinajstić information content (AvgIpc) is 2.73. The third kappa shape index (κ3) is 2.02. The Bertz CT molecular complexity index is 758. The normalized spacial score (nSPS) is 10.9. The molecule has 0 aliphatic carbocycles. The highest BCUT2D eigenvalue weighted by atomic mass is 16.5. The highest BCUT2D eigenvalue weighted by Gasteiger charge is 2.15. The zero-order valence-electron chi connectivity index (χ0n) is 11.5. The van der Waals surface area contributed by atoms with Crippen LogP contribution in [0.25, 0.3) is 10.9 Å². The van der Waals surface area contributed by atoms with Crippen LogP contribution >= 0.6 is 0 Å². The van der Waals surface area contributed by atoms with Gasteiger partial charge in [-0.15, -0.1) is 0 Å². The highest BCUT2D eigenvalue weighted by Crippen LogP contribution is 2.31. The number of benzene rings is 1. The van der Waals surface area contributed by atoms with Crippen molar-refractivity contribution in [2.24, 2.45) is 12.8 Å². The molecule has 5 heteroatoms. The Morgan fingerprint density at radius 3 is 2.90 bits per heavy atom. The summed E-state index contributed by atoms with van der Waals surface area (Å²) in [6, 6.07) is 9.69. The van der Waals surface area contributed by atoms with E-state index in [0.717, 1.165) is 27.9 Å². The van der Waals surface area contributed by atoms with Gasteiger partial charge in [-0.2, -0.15) is 5.10 Å². The van der Waals surface area contributed by atoms with Crippen molar-refractivity contribution < 1.29 is 4.74 Å². The Hall–Kier alpha value is -2.40. The van der Waals surface area contributed by atoms with E-state index < -0.39 is 0 Å². The molecule has 0 saturated heterocycles. The number of nitrogens with zero attached hydrogens (tertiary/aromatic N) is 3. The molecular weight excluding hydrogens is 252 g/mol. The van der Waals surface area contributed by atoms with Crippen LogP contribution in [0, 0.1) is 6.92 Å². The van der Waals surface area contributed by atoms with E-state index in [1.807, 2.05) is 44.3 Å². The van der Waals surface area contributed by atoms with Gasteiger partial charge in [-0.3, -0.25) is 4.98 Å². The van der Waals surface area contributed by atoms with Gasteiger partial charge in [0.15, 0.2) is 0 Å². The van der Waals surface area contributed by atoms with Crippen molar-refractivity contribution >= 4 is 10.9 Å². The van der Waals surface area contributed by atoms with E-state index in [1.54, 1.807) is 10.9 Å². The van der Waals surface area contributed by atoms with Gasteiger partial charge in [0.05, 0.1) is 16.8 Å². The lowest BCUT2D eigenvalue weighted by molar-refractivity contribution is 0.430. The van der Waals surface area contributed by atoms with Crippen LogP contribution in [0.15, 0.2) is 36.5 Å². The van der Waals surface area contributed by atoms with E-state index in [9.17, 15) is 0 Å². The minimum Gasteiger partial charge on any atom is -0.438 e. The number of ether oxygens (including phenoxy) is 1. The zero-order valence-corrected chi connectivity index (χ0v) is 11.5. The maximum atomic E-state index is 6.05. The number of aryl methyl sites for hydroxylation is 2. The summed E-state index contributed by atoms with van der Waals surface area (Å²) >= 11 is 0. The molecular formula is C15H16N4O. The van der Waals surface area contributed by atoms with Gasteiger partial charge in [-0.25, -0.2) is 4.68 Å². The monoisotopic (exact) mass is 268 g/mol. The summed E-state index contributed by atoms with van der Waals surface area (Å²) in [5.74, 6) is 1.44. The molecule has 0 amide bonds. The molecule has 1 aromatic carbocycles. The SMILES string of the molecule is Cc1nn(C)c(Oc2cccc3ncccc23)c1CN. The smallest absolute Gasteiger partial charge is 0.222 e. The molecule has 2 aromatic heterocycles. The largest absolute Gasteiger partial charge is 0.438 e. The highest BCUT2D eigenvalue weighted by molar-refractivity contribution is 5.85. The molecule has 0 aliphatic rings. The second-order valence-corrected chi connectivity index (χ2v) is 4.63.